The number of nitrogens with one attached hydrogen (secondary N) is 1. The van der Waals surface area contributed by atoms with Crippen LogP contribution < -0.4 is 11.3 Å². The molecule has 3 nitrogen and oxygen atoms in total. The molecule has 0 aromatic heterocycles. The number of hydrogen-bond donors (Lipinski definition) is 2. The Hall–Kier alpha value is -0.770. The summed E-state index contributed by atoms with van der Waals surface area (Å²) >= 11 is 0. The van der Waals surface area contributed by atoms with Gasteiger partial charge in [-0.05, 0) is 50.3 Å². The van der Waals surface area contributed by atoms with E-state index in [4.69, 9.17) is 10.6 Å². The van der Waals surface area contributed by atoms with E-state index in [1.807, 2.05) is 12.1 Å². The largest absolute Gasteiger partial charge is 0.376 e. The lowest BCUT2D eigenvalue weighted by Gasteiger charge is -2.35. The van der Waals surface area contributed by atoms with Gasteiger partial charge in [0.15, 0.2) is 0 Å². The molecule has 0 aliphatic carbocycles. The highest BCUT2D eigenvalue weighted by molar-refractivity contribution is 5.85. The smallest absolute Gasteiger partial charge is 0.0632 e. The minimum absolute atomic E-state index is 0. The maximum absolute atomic E-state index is 5.73. The Morgan fingerprint density at radius 1 is 1.29 bits per heavy atom. The van der Waals surface area contributed by atoms with Crippen molar-refractivity contribution in [1.82, 2.24) is 0 Å². The molecule has 17 heavy (non-hydrogen) atoms. The number of nitrogens with two attached hydrogens (primary N) is 1. The molecule has 1 atom stereocenters. The van der Waals surface area contributed by atoms with Crippen molar-refractivity contribution in [3.05, 3.63) is 29.8 Å². The summed E-state index contributed by atoms with van der Waals surface area (Å²) in [5.74, 6) is 5.96. The highest BCUT2D eigenvalue weighted by Crippen LogP contribution is 2.35. The van der Waals surface area contributed by atoms with Gasteiger partial charge in [0.1, 0.15) is 0 Å². The van der Waals surface area contributed by atoms with Crippen molar-refractivity contribution >= 4 is 18.1 Å². The first-order valence-electron chi connectivity index (χ1n) is 5.81. The number of benzene rings is 1. The molecule has 0 radical (unpaired) electrons. The SMILES string of the molecule is CC1(C)C[C@@H](c2ccc(NN)cc2)CCO1.Cl. The summed E-state index contributed by atoms with van der Waals surface area (Å²) in [6.45, 7) is 5.18. The van der Waals surface area contributed by atoms with E-state index in [0.717, 1.165) is 25.1 Å². The van der Waals surface area contributed by atoms with Crippen LogP contribution in [0.1, 0.15) is 38.2 Å². The lowest BCUT2D eigenvalue weighted by Crippen LogP contribution is -2.32. The van der Waals surface area contributed by atoms with Crippen LogP contribution in [0, 0.1) is 0 Å². The Morgan fingerprint density at radius 3 is 2.47 bits per heavy atom. The Balaban J connectivity index is 0.00000144. The van der Waals surface area contributed by atoms with E-state index in [1.165, 1.54) is 5.56 Å². The first-order valence-corrected chi connectivity index (χ1v) is 5.81. The molecule has 1 aromatic rings. The monoisotopic (exact) mass is 256 g/mol. The van der Waals surface area contributed by atoms with Crippen LogP contribution in [-0.2, 0) is 4.74 Å². The zero-order valence-corrected chi connectivity index (χ0v) is 11.2. The van der Waals surface area contributed by atoms with Gasteiger partial charge < -0.3 is 10.2 Å². The first kappa shape index (κ1) is 14.3. The normalized spacial score (nSPS) is 22.6. The van der Waals surface area contributed by atoms with Crippen LogP contribution in [0.25, 0.3) is 0 Å². The molecular weight excluding hydrogens is 236 g/mol. The average molecular weight is 257 g/mol. The number of hydrazine groups is 1. The second-order valence-corrected chi connectivity index (χ2v) is 5.06. The molecule has 0 bridgehead atoms. The maximum Gasteiger partial charge on any atom is 0.0632 e. The highest BCUT2D eigenvalue weighted by Gasteiger charge is 2.29. The van der Waals surface area contributed by atoms with Crippen LogP contribution in [0.5, 0.6) is 0 Å². The predicted octanol–water partition coefficient (Wildman–Crippen LogP) is 3.07. The molecule has 1 saturated heterocycles. The van der Waals surface area contributed by atoms with E-state index >= 15 is 0 Å². The van der Waals surface area contributed by atoms with Crippen LogP contribution in [0.15, 0.2) is 24.3 Å². The summed E-state index contributed by atoms with van der Waals surface area (Å²) in [7, 11) is 0. The summed E-state index contributed by atoms with van der Waals surface area (Å²) in [5.41, 5.74) is 4.99. The zero-order chi connectivity index (χ0) is 11.6. The fourth-order valence-corrected chi connectivity index (χ4v) is 2.37. The van der Waals surface area contributed by atoms with Gasteiger partial charge in [0, 0.05) is 12.3 Å². The van der Waals surface area contributed by atoms with Gasteiger partial charge in [0.25, 0.3) is 0 Å². The zero-order valence-electron chi connectivity index (χ0n) is 10.4. The first-order chi connectivity index (χ1) is 7.61. The van der Waals surface area contributed by atoms with Crippen LogP contribution in [-0.4, -0.2) is 12.2 Å². The number of halogens is 1. The molecule has 0 saturated carbocycles. The minimum atomic E-state index is 0. The quantitative estimate of drug-likeness (QED) is 0.632. The van der Waals surface area contributed by atoms with Crippen molar-refractivity contribution in [2.75, 3.05) is 12.0 Å². The molecule has 0 unspecified atom stereocenters. The van der Waals surface area contributed by atoms with Crippen molar-refractivity contribution in [2.24, 2.45) is 5.84 Å². The second kappa shape index (κ2) is 5.71. The maximum atomic E-state index is 5.73. The van der Waals surface area contributed by atoms with Crippen molar-refractivity contribution in [3.8, 4) is 0 Å². The second-order valence-electron chi connectivity index (χ2n) is 5.06. The Labute approximate surface area is 109 Å². The van der Waals surface area contributed by atoms with E-state index in [1.54, 1.807) is 0 Å². The summed E-state index contributed by atoms with van der Waals surface area (Å²) in [4.78, 5) is 0. The molecular formula is C13H21ClN2O. The number of anilines is 1. The van der Waals surface area contributed by atoms with Gasteiger partial charge in [0.2, 0.25) is 0 Å². The van der Waals surface area contributed by atoms with Gasteiger partial charge in [-0.3, -0.25) is 5.84 Å². The third-order valence-corrected chi connectivity index (χ3v) is 3.25. The Bertz CT molecular complexity index is 351. The van der Waals surface area contributed by atoms with Gasteiger partial charge in [0.05, 0.1) is 5.60 Å². The topological polar surface area (TPSA) is 47.3 Å². The summed E-state index contributed by atoms with van der Waals surface area (Å²) in [5, 5.41) is 0. The molecule has 1 heterocycles. The number of ether oxygens (including phenoxy) is 1. The number of rotatable bonds is 2. The Morgan fingerprint density at radius 2 is 1.94 bits per heavy atom. The molecule has 2 rings (SSSR count). The van der Waals surface area contributed by atoms with Gasteiger partial charge in [-0.2, -0.15) is 0 Å². The van der Waals surface area contributed by atoms with Crippen molar-refractivity contribution in [3.63, 3.8) is 0 Å². The van der Waals surface area contributed by atoms with E-state index in [0.29, 0.717) is 5.92 Å². The van der Waals surface area contributed by atoms with Gasteiger partial charge in [-0.1, -0.05) is 12.1 Å². The van der Waals surface area contributed by atoms with E-state index < -0.39 is 0 Å². The molecule has 1 aliphatic heterocycles. The van der Waals surface area contributed by atoms with Crippen molar-refractivity contribution in [2.45, 2.75) is 38.2 Å². The summed E-state index contributed by atoms with van der Waals surface area (Å²) in [6, 6.07) is 8.36. The minimum Gasteiger partial charge on any atom is -0.376 e. The third-order valence-electron chi connectivity index (χ3n) is 3.25. The summed E-state index contributed by atoms with van der Waals surface area (Å²) in [6.07, 6.45) is 2.20. The van der Waals surface area contributed by atoms with Crippen molar-refractivity contribution < 1.29 is 4.74 Å². The van der Waals surface area contributed by atoms with Gasteiger partial charge in [-0.15, -0.1) is 12.4 Å². The van der Waals surface area contributed by atoms with Gasteiger partial charge in [-0.25, -0.2) is 0 Å². The third kappa shape index (κ3) is 3.60. The van der Waals surface area contributed by atoms with E-state index in [-0.39, 0.29) is 18.0 Å². The fraction of sp³-hybridized carbons (Fsp3) is 0.538. The molecule has 1 aliphatic rings. The van der Waals surface area contributed by atoms with Crippen LogP contribution in [0.2, 0.25) is 0 Å². The molecule has 1 fully saturated rings. The van der Waals surface area contributed by atoms with Gasteiger partial charge >= 0.3 is 0 Å². The fourth-order valence-electron chi connectivity index (χ4n) is 2.37. The molecule has 3 N–H and O–H groups in total. The Kier molecular flexibility index (Phi) is 4.80. The van der Waals surface area contributed by atoms with E-state index in [2.05, 4.69) is 31.4 Å². The number of hydrogen-bond acceptors (Lipinski definition) is 3. The molecule has 1 aromatic carbocycles. The highest BCUT2D eigenvalue weighted by atomic mass is 35.5. The molecule has 0 spiro atoms. The molecule has 0 amide bonds. The molecule has 96 valence electrons. The van der Waals surface area contributed by atoms with Crippen LogP contribution in [0.3, 0.4) is 0 Å². The predicted molar refractivity (Wildman–Crippen MR) is 73.5 cm³/mol. The lowest BCUT2D eigenvalue weighted by atomic mass is 9.83. The lowest BCUT2D eigenvalue weighted by molar-refractivity contribution is -0.0592. The average Bonchev–Trinajstić information content (AvgIpc) is 2.28. The standard InChI is InChI=1S/C13H20N2O.ClH/c1-13(2)9-11(7-8-16-13)10-3-5-12(15-14)6-4-10;/h3-6,11,15H,7-9,14H2,1-2H3;1H/t11-;/m0./s1. The van der Waals surface area contributed by atoms with Crippen LogP contribution >= 0.6 is 12.4 Å². The molecule has 4 heteroatoms. The van der Waals surface area contributed by atoms with Crippen molar-refractivity contribution in [1.29, 1.82) is 0 Å². The van der Waals surface area contributed by atoms with E-state index in [9.17, 15) is 0 Å². The van der Waals surface area contributed by atoms with Crippen LogP contribution in [0.4, 0.5) is 5.69 Å². The summed E-state index contributed by atoms with van der Waals surface area (Å²) < 4.78 is 5.73. The number of nitrogen functional groups attached to an aromatic ring is 1.